The summed E-state index contributed by atoms with van der Waals surface area (Å²) in [4.78, 5) is 0. The summed E-state index contributed by atoms with van der Waals surface area (Å²) in [5.74, 6) is 0. The Morgan fingerprint density at radius 3 is 3.14 bits per heavy atom. The van der Waals surface area contributed by atoms with Crippen molar-refractivity contribution >= 4 is 11.7 Å². The van der Waals surface area contributed by atoms with Crippen LogP contribution in [-0.4, -0.2) is 33.2 Å². The maximum absolute atomic E-state index is 9.46. The first kappa shape index (κ1) is 10.0. The molecule has 1 aliphatic rings. The van der Waals surface area contributed by atoms with Crippen LogP contribution in [0.5, 0.6) is 0 Å². The van der Waals surface area contributed by atoms with Crippen molar-refractivity contribution in [2.75, 3.05) is 13.2 Å². The largest absolute Gasteiger partial charge is 0.396 e. The van der Waals surface area contributed by atoms with E-state index < -0.39 is 0 Å². The Morgan fingerprint density at radius 1 is 1.79 bits per heavy atom. The Balaban J connectivity index is 2.13. The van der Waals surface area contributed by atoms with Gasteiger partial charge in [0, 0.05) is 18.4 Å². The molecule has 1 saturated heterocycles. The maximum Gasteiger partial charge on any atom is 0.0750 e. The van der Waals surface area contributed by atoms with Gasteiger partial charge in [-0.1, -0.05) is 0 Å². The van der Waals surface area contributed by atoms with E-state index in [1.807, 2.05) is 6.92 Å². The van der Waals surface area contributed by atoms with Crippen LogP contribution in [0.4, 0.5) is 0 Å². The smallest absolute Gasteiger partial charge is 0.0750 e. The number of hydrogen-bond donors (Lipinski definition) is 1. The normalized spacial score (nSPS) is 32.3. The fourth-order valence-corrected chi connectivity index (χ4v) is 2.37. The summed E-state index contributed by atoms with van der Waals surface area (Å²) in [5.41, 5.74) is 0.817. The summed E-state index contributed by atoms with van der Waals surface area (Å²) in [6, 6.07) is 0. The van der Waals surface area contributed by atoms with Gasteiger partial charge in [-0.3, -0.25) is 0 Å². The molecule has 1 aromatic heterocycles. The number of hydrogen-bond acceptors (Lipinski definition) is 5. The zero-order valence-corrected chi connectivity index (χ0v) is 8.96. The molecule has 0 aromatic carbocycles. The average molecular weight is 214 g/mol. The van der Waals surface area contributed by atoms with Crippen LogP contribution < -0.4 is 0 Å². The highest BCUT2D eigenvalue weighted by Crippen LogP contribution is 2.37. The first-order valence-corrected chi connectivity index (χ1v) is 5.49. The van der Waals surface area contributed by atoms with E-state index in [1.54, 1.807) is 6.20 Å². The summed E-state index contributed by atoms with van der Waals surface area (Å²) in [6.07, 6.45) is 3.55. The summed E-state index contributed by atoms with van der Waals surface area (Å²) in [6.45, 7) is 2.91. The molecule has 2 heterocycles. The van der Waals surface area contributed by atoms with Crippen molar-refractivity contribution in [2.24, 2.45) is 5.41 Å². The first-order valence-electron chi connectivity index (χ1n) is 4.76. The van der Waals surface area contributed by atoms with E-state index in [1.165, 1.54) is 11.7 Å². The van der Waals surface area contributed by atoms with Crippen LogP contribution in [0.1, 0.15) is 19.0 Å². The summed E-state index contributed by atoms with van der Waals surface area (Å²) < 4.78 is 13.6. The molecule has 2 rings (SSSR count). The van der Waals surface area contributed by atoms with Crippen molar-refractivity contribution in [3.05, 3.63) is 11.9 Å². The standard InChI is InChI=1S/C9H14N2O2S/c1-7-9(6-12,2-3-13-7)4-8-5-10-14-11-8/h5,7,12H,2-4,6H2,1H3. The topological polar surface area (TPSA) is 55.2 Å². The monoisotopic (exact) mass is 214 g/mol. The van der Waals surface area contributed by atoms with Crippen LogP contribution >= 0.6 is 11.7 Å². The molecule has 0 radical (unpaired) electrons. The van der Waals surface area contributed by atoms with Gasteiger partial charge in [0.1, 0.15) is 0 Å². The van der Waals surface area contributed by atoms with Crippen LogP contribution in [0.2, 0.25) is 0 Å². The lowest BCUT2D eigenvalue weighted by molar-refractivity contribution is 0.0267. The van der Waals surface area contributed by atoms with E-state index in [0.29, 0.717) is 0 Å². The molecule has 2 atom stereocenters. The Labute approximate surface area is 87.2 Å². The highest BCUT2D eigenvalue weighted by Gasteiger charge is 2.41. The number of ether oxygens (including phenoxy) is 1. The third-order valence-corrected chi connectivity index (χ3v) is 3.60. The van der Waals surface area contributed by atoms with E-state index in [-0.39, 0.29) is 18.1 Å². The molecule has 4 nitrogen and oxygen atoms in total. The number of aliphatic hydroxyl groups is 1. The van der Waals surface area contributed by atoms with Gasteiger partial charge < -0.3 is 9.84 Å². The van der Waals surface area contributed by atoms with E-state index in [2.05, 4.69) is 8.75 Å². The molecule has 1 aromatic rings. The van der Waals surface area contributed by atoms with Gasteiger partial charge in [-0.2, -0.15) is 8.75 Å². The van der Waals surface area contributed by atoms with Crippen molar-refractivity contribution in [2.45, 2.75) is 25.9 Å². The predicted molar refractivity (Wildman–Crippen MR) is 53.2 cm³/mol. The molecule has 5 heteroatoms. The van der Waals surface area contributed by atoms with Crippen LogP contribution in [0.3, 0.4) is 0 Å². The van der Waals surface area contributed by atoms with Crippen molar-refractivity contribution in [1.82, 2.24) is 8.75 Å². The molecular weight excluding hydrogens is 200 g/mol. The van der Waals surface area contributed by atoms with E-state index in [0.717, 1.165) is 25.1 Å². The van der Waals surface area contributed by atoms with Gasteiger partial charge in [0.15, 0.2) is 0 Å². The van der Waals surface area contributed by atoms with Gasteiger partial charge in [0.25, 0.3) is 0 Å². The van der Waals surface area contributed by atoms with Gasteiger partial charge in [-0.05, 0) is 13.3 Å². The number of rotatable bonds is 3. The fraction of sp³-hybridized carbons (Fsp3) is 0.778. The lowest BCUT2D eigenvalue weighted by atomic mass is 9.78. The Morgan fingerprint density at radius 2 is 2.64 bits per heavy atom. The van der Waals surface area contributed by atoms with Crippen molar-refractivity contribution in [1.29, 1.82) is 0 Å². The second kappa shape index (κ2) is 3.92. The van der Waals surface area contributed by atoms with Gasteiger partial charge in [0.05, 0.1) is 36.3 Å². The summed E-state index contributed by atoms with van der Waals surface area (Å²) in [5, 5.41) is 9.46. The van der Waals surface area contributed by atoms with Gasteiger partial charge in [-0.25, -0.2) is 0 Å². The highest BCUT2D eigenvalue weighted by molar-refractivity contribution is 6.99. The summed E-state index contributed by atoms with van der Waals surface area (Å²) in [7, 11) is 0. The van der Waals surface area contributed by atoms with Gasteiger partial charge in [0.2, 0.25) is 0 Å². The van der Waals surface area contributed by atoms with Gasteiger partial charge >= 0.3 is 0 Å². The average Bonchev–Trinajstić information content (AvgIpc) is 2.79. The van der Waals surface area contributed by atoms with E-state index in [4.69, 9.17) is 4.74 Å². The van der Waals surface area contributed by atoms with Gasteiger partial charge in [-0.15, -0.1) is 0 Å². The molecule has 0 saturated carbocycles. The lowest BCUT2D eigenvalue weighted by Gasteiger charge is -2.28. The van der Waals surface area contributed by atoms with Crippen LogP contribution in [-0.2, 0) is 11.2 Å². The molecule has 0 spiro atoms. The zero-order chi connectivity index (χ0) is 10.0. The maximum atomic E-state index is 9.46. The van der Waals surface area contributed by atoms with Crippen LogP contribution in [0.25, 0.3) is 0 Å². The summed E-state index contributed by atoms with van der Waals surface area (Å²) >= 11 is 1.21. The molecular formula is C9H14N2O2S. The number of nitrogens with zero attached hydrogens (tertiary/aromatic N) is 2. The predicted octanol–water partition coefficient (Wildman–Crippen LogP) is 0.868. The molecule has 1 fully saturated rings. The van der Waals surface area contributed by atoms with Crippen molar-refractivity contribution in [3.63, 3.8) is 0 Å². The Bertz CT molecular complexity index is 291. The second-order valence-electron chi connectivity index (χ2n) is 3.86. The molecule has 0 aliphatic carbocycles. The van der Waals surface area contributed by atoms with Crippen molar-refractivity contribution in [3.8, 4) is 0 Å². The van der Waals surface area contributed by atoms with Crippen LogP contribution in [0, 0.1) is 5.41 Å². The Hall–Kier alpha value is -0.520. The number of aromatic nitrogens is 2. The third-order valence-electron chi connectivity index (χ3n) is 3.09. The quantitative estimate of drug-likeness (QED) is 0.811. The zero-order valence-electron chi connectivity index (χ0n) is 8.14. The minimum atomic E-state index is -0.143. The SMILES string of the molecule is CC1OCCC1(CO)Cc1cnsn1. The minimum Gasteiger partial charge on any atom is -0.396 e. The second-order valence-corrected chi connectivity index (χ2v) is 4.42. The molecule has 1 aliphatic heterocycles. The third kappa shape index (κ3) is 1.67. The minimum absolute atomic E-state index is 0.106. The fourth-order valence-electron chi connectivity index (χ4n) is 1.94. The lowest BCUT2D eigenvalue weighted by Crippen LogP contribution is -2.35. The number of aliphatic hydroxyl groups excluding tert-OH is 1. The molecule has 0 amide bonds. The molecule has 14 heavy (non-hydrogen) atoms. The molecule has 78 valence electrons. The molecule has 0 bridgehead atoms. The van der Waals surface area contributed by atoms with Crippen molar-refractivity contribution < 1.29 is 9.84 Å². The van der Waals surface area contributed by atoms with E-state index in [9.17, 15) is 5.11 Å². The van der Waals surface area contributed by atoms with E-state index >= 15 is 0 Å². The molecule has 2 unspecified atom stereocenters. The Kier molecular flexibility index (Phi) is 2.80. The molecule has 1 N–H and O–H groups in total. The first-order chi connectivity index (χ1) is 6.77. The van der Waals surface area contributed by atoms with Crippen LogP contribution in [0.15, 0.2) is 6.20 Å². The highest BCUT2D eigenvalue weighted by atomic mass is 32.1.